The summed E-state index contributed by atoms with van der Waals surface area (Å²) in [7, 11) is 0. The molecule has 0 radical (unpaired) electrons. The Kier molecular flexibility index (Phi) is 5.21. The lowest BCUT2D eigenvalue weighted by atomic mass is 10.0. The number of carbonyl (C=O) groups is 2. The van der Waals surface area contributed by atoms with Crippen LogP contribution >= 0.6 is 0 Å². The predicted molar refractivity (Wildman–Crippen MR) is 75.3 cm³/mol. The zero-order chi connectivity index (χ0) is 14.4. The summed E-state index contributed by atoms with van der Waals surface area (Å²) in [4.78, 5) is 25.6. The third-order valence-corrected chi connectivity index (χ3v) is 3.67. The summed E-state index contributed by atoms with van der Waals surface area (Å²) < 4.78 is 4.93. The average molecular weight is 278 g/mol. The van der Waals surface area contributed by atoms with Gasteiger partial charge in [0, 0.05) is 25.6 Å². The van der Waals surface area contributed by atoms with Crippen LogP contribution in [0.2, 0.25) is 0 Å². The van der Waals surface area contributed by atoms with Crippen LogP contribution in [-0.2, 0) is 4.79 Å². The van der Waals surface area contributed by atoms with Crippen molar-refractivity contribution >= 4 is 11.8 Å². The topological polar surface area (TPSA) is 62.6 Å². The minimum Gasteiger partial charge on any atom is -0.472 e. The van der Waals surface area contributed by atoms with Crippen molar-refractivity contribution in [3.8, 4) is 0 Å². The smallest absolute Gasteiger partial charge is 0.257 e. The Morgan fingerprint density at radius 3 is 2.75 bits per heavy atom. The Morgan fingerprint density at radius 2 is 2.15 bits per heavy atom. The molecule has 0 aromatic carbocycles. The summed E-state index contributed by atoms with van der Waals surface area (Å²) >= 11 is 0. The predicted octanol–water partition coefficient (Wildman–Crippen LogP) is 2.19. The zero-order valence-corrected chi connectivity index (χ0v) is 11.9. The highest BCUT2D eigenvalue weighted by Crippen LogP contribution is 2.14. The summed E-state index contributed by atoms with van der Waals surface area (Å²) in [5.74, 6) is 0.140. The Bertz CT molecular complexity index is 434. The molecule has 0 bridgehead atoms. The van der Waals surface area contributed by atoms with Crippen LogP contribution in [0.3, 0.4) is 0 Å². The van der Waals surface area contributed by atoms with Gasteiger partial charge in [-0.3, -0.25) is 9.59 Å². The monoisotopic (exact) mass is 278 g/mol. The van der Waals surface area contributed by atoms with Crippen LogP contribution in [0.1, 0.15) is 49.4 Å². The number of furan rings is 1. The van der Waals surface area contributed by atoms with Gasteiger partial charge in [0.1, 0.15) is 6.26 Å². The number of amides is 2. The molecule has 0 spiro atoms. The summed E-state index contributed by atoms with van der Waals surface area (Å²) in [6.45, 7) is 3.44. The van der Waals surface area contributed by atoms with E-state index in [1.54, 1.807) is 6.07 Å². The molecule has 5 nitrogen and oxygen atoms in total. The standard InChI is InChI=1S/C15H22N2O3/c1-2-3-4-14(18)16-13-5-8-17(9-6-13)15(19)12-7-10-20-11-12/h7,10-11,13H,2-6,8-9H2,1H3,(H,16,18). The number of hydrogen-bond acceptors (Lipinski definition) is 3. The van der Waals surface area contributed by atoms with Crippen LogP contribution in [0.15, 0.2) is 23.0 Å². The second-order valence-electron chi connectivity index (χ2n) is 5.25. The number of carbonyl (C=O) groups excluding carboxylic acids is 2. The molecule has 1 N–H and O–H groups in total. The molecular formula is C15H22N2O3. The minimum absolute atomic E-state index is 0.00881. The summed E-state index contributed by atoms with van der Waals surface area (Å²) in [6, 6.07) is 1.88. The highest BCUT2D eigenvalue weighted by Gasteiger charge is 2.24. The SMILES string of the molecule is CCCCC(=O)NC1CCN(C(=O)c2ccoc2)CC1. The first kappa shape index (κ1) is 14.6. The molecule has 1 saturated heterocycles. The van der Waals surface area contributed by atoms with Crippen LogP contribution in [0, 0.1) is 0 Å². The van der Waals surface area contributed by atoms with Crippen molar-refractivity contribution in [3.63, 3.8) is 0 Å². The van der Waals surface area contributed by atoms with Gasteiger partial charge in [-0.15, -0.1) is 0 Å². The van der Waals surface area contributed by atoms with Crippen LogP contribution in [0.25, 0.3) is 0 Å². The first-order valence-electron chi connectivity index (χ1n) is 7.31. The molecule has 0 unspecified atom stereocenters. The van der Waals surface area contributed by atoms with Gasteiger partial charge in [0.15, 0.2) is 0 Å². The number of rotatable bonds is 5. The Balaban J connectivity index is 1.75. The highest BCUT2D eigenvalue weighted by atomic mass is 16.3. The van der Waals surface area contributed by atoms with Crippen molar-refractivity contribution in [1.29, 1.82) is 0 Å². The van der Waals surface area contributed by atoms with Crippen LogP contribution in [0.5, 0.6) is 0 Å². The van der Waals surface area contributed by atoms with Crippen molar-refractivity contribution in [2.24, 2.45) is 0 Å². The van der Waals surface area contributed by atoms with E-state index in [1.807, 2.05) is 4.90 Å². The largest absolute Gasteiger partial charge is 0.472 e. The molecule has 2 heterocycles. The molecule has 0 saturated carbocycles. The Hall–Kier alpha value is -1.78. The lowest BCUT2D eigenvalue weighted by Gasteiger charge is -2.32. The molecule has 1 aliphatic heterocycles. The first-order chi connectivity index (χ1) is 9.70. The first-order valence-corrected chi connectivity index (χ1v) is 7.31. The van der Waals surface area contributed by atoms with Crippen LogP contribution in [-0.4, -0.2) is 35.8 Å². The molecule has 20 heavy (non-hydrogen) atoms. The lowest BCUT2D eigenvalue weighted by Crippen LogP contribution is -2.46. The van der Waals surface area contributed by atoms with Gasteiger partial charge in [0.2, 0.25) is 5.91 Å². The molecule has 0 atom stereocenters. The molecule has 1 aromatic rings. The van der Waals surface area contributed by atoms with Gasteiger partial charge in [-0.25, -0.2) is 0 Å². The number of nitrogens with zero attached hydrogens (tertiary/aromatic N) is 1. The van der Waals surface area contributed by atoms with Crippen molar-refractivity contribution in [1.82, 2.24) is 10.2 Å². The molecule has 2 rings (SSSR count). The molecule has 0 aliphatic carbocycles. The number of piperidine rings is 1. The van der Waals surface area contributed by atoms with Gasteiger partial charge in [-0.2, -0.15) is 0 Å². The van der Waals surface area contributed by atoms with E-state index in [9.17, 15) is 9.59 Å². The van der Waals surface area contributed by atoms with Gasteiger partial charge in [0.25, 0.3) is 5.91 Å². The van der Waals surface area contributed by atoms with E-state index >= 15 is 0 Å². The normalized spacial score (nSPS) is 16.1. The van der Waals surface area contributed by atoms with Crippen molar-refractivity contribution in [2.45, 2.75) is 45.1 Å². The zero-order valence-electron chi connectivity index (χ0n) is 11.9. The maximum atomic E-state index is 12.1. The van der Waals surface area contributed by atoms with E-state index in [-0.39, 0.29) is 17.9 Å². The Morgan fingerprint density at radius 1 is 1.40 bits per heavy atom. The average Bonchev–Trinajstić information content (AvgIpc) is 2.99. The van der Waals surface area contributed by atoms with E-state index in [0.29, 0.717) is 25.1 Å². The van der Waals surface area contributed by atoms with Gasteiger partial charge in [-0.05, 0) is 25.3 Å². The quantitative estimate of drug-likeness (QED) is 0.898. The van der Waals surface area contributed by atoms with Crippen LogP contribution < -0.4 is 5.32 Å². The van der Waals surface area contributed by atoms with Gasteiger partial charge < -0.3 is 14.6 Å². The van der Waals surface area contributed by atoms with Crippen molar-refractivity contribution in [2.75, 3.05) is 13.1 Å². The fraction of sp³-hybridized carbons (Fsp3) is 0.600. The maximum Gasteiger partial charge on any atom is 0.257 e. The van der Waals surface area contributed by atoms with E-state index < -0.39 is 0 Å². The fourth-order valence-electron chi connectivity index (χ4n) is 2.43. The van der Waals surface area contributed by atoms with Gasteiger partial charge in [0.05, 0.1) is 11.8 Å². The molecule has 1 aliphatic rings. The van der Waals surface area contributed by atoms with E-state index in [2.05, 4.69) is 12.2 Å². The minimum atomic E-state index is 0.00881. The summed E-state index contributed by atoms with van der Waals surface area (Å²) in [6.07, 6.45) is 7.19. The molecule has 5 heteroatoms. The number of likely N-dealkylation sites (tertiary alicyclic amines) is 1. The van der Waals surface area contributed by atoms with E-state index in [0.717, 1.165) is 25.7 Å². The van der Waals surface area contributed by atoms with Crippen molar-refractivity contribution < 1.29 is 14.0 Å². The number of hydrogen-bond donors (Lipinski definition) is 1. The third-order valence-electron chi connectivity index (χ3n) is 3.67. The van der Waals surface area contributed by atoms with Crippen molar-refractivity contribution in [3.05, 3.63) is 24.2 Å². The molecule has 1 fully saturated rings. The molecule has 1 aromatic heterocycles. The lowest BCUT2D eigenvalue weighted by molar-refractivity contribution is -0.122. The number of nitrogens with one attached hydrogen (secondary N) is 1. The van der Waals surface area contributed by atoms with E-state index in [1.165, 1.54) is 12.5 Å². The maximum absolute atomic E-state index is 12.1. The molecular weight excluding hydrogens is 256 g/mol. The molecule has 2 amide bonds. The van der Waals surface area contributed by atoms with Crippen LogP contribution in [0.4, 0.5) is 0 Å². The second kappa shape index (κ2) is 7.12. The Labute approximate surface area is 119 Å². The van der Waals surface area contributed by atoms with E-state index in [4.69, 9.17) is 4.42 Å². The number of unbranched alkanes of at least 4 members (excludes halogenated alkanes) is 1. The fourth-order valence-corrected chi connectivity index (χ4v) is 2.43. The van der Waals surface area contributed by atoms with Gasteiger partial charge in [-0.1, -0.05) is 13.3 Å². The summed E-state index contributed by atoms with van der Waals surface area (Å²) in [5.41, 5.74) is 0.593. The highest BCUT2D eigenvalue weighted by molar-refractivity contribution is 5.93. The second-order valence-corrected chi connectivity index (χ2v) is 5.25. The molecule has 110 valence electrons. The van der Waals surface area contributed by atoms with Gasteiger partial charge >= 0.3 is 0 Å². The third kappa shape index (κ3) is 3.85. The summed E-state index contributed by atoms with van der Waals surface area (Å²) in [5, 5.41) is 3.05.